The molecule has 0 radical (unpaired) electrons. The van der Waals surface area contributed by atoms with Crippen LogP contribution < -0.4 is 4.74 Å². The smallest absolute Gasteiger partial charge is 0.155 e. The number of aryl methyl sites for hydroxylation is 1. The summed E-state index contributed by atoms with van der Waals surface area (Å²) in [4.78, 5) is 3.86. The first-order valence-electron chi connectivity index (χ1n) is 7.88. The Hall–Kier alpha value is -2.83. The van der Waals surface area contributed by atoms with Gasteiger partial charge >= 0.3 is 0 Å². The van der Waals surface area contributed by atoms with Crippen LogP contribution in [0.5, 0.6) is 11.5 Å². The Bertz CT molecular complexity index is 945. The highest BCUT2D eigenvalue weighted by Gasteiger charge is 2.21. The van der Waals surface area contributed by atoms with E-state index in [4.69, 9.17) is 4.74 Å². The number of benzene rings is 2. The Morgan fingerprint density at radius 2 is 1.72 bits per heavy atom. The highest BCUT2D eigenvalue weighted by atomic mass is 19.1. The predicted molar refractivity (Wildman–Crippen MR) is 84.5 cm³/mol. The number of hydrogen-bond acceptors (Lipinski definition) is 3. The van der Waals surface area contributed by atoms with Crippen LogP contribution in [-0.4, -0.2) is 14.8 Å². The average molecular weight is 345 g/mol. The van der Waals surface area contributed by atoms with Crippen molar-refractivity contribution in [3.63, 3.8) is 0 Å². The van der Waals surface area contributed by atoms with Crippen LogP contribution in [0.3, 0.4) is 0 Å². The molecule has 0 aliphatic heterocycles. The van der Waals surface area contributed by atoms with Crippen LogP contribution in [0.1, 0.15) is 23.4 Å². The largest absolute Gasteiger partial charge is 0.457 e. The Balaban J connectivity index is 1.70. The standard InChI is InChI=1S/C18H14F3N3O/c1-10-22-9-24(23-10)18-15(20)7-11(8-16(18)21)25-17-6-5-14(19)12-3-2-4-13(12)17/h5-9H,2-4H2,1H3. The summed E-state index contributed by atoms with van der Waals surface area (Å²) in [5, 5.41) is 3.92. The van der Waals surface area contributed by atoms with Gasteiger partial charge in [0.1, 0.15) is 35.2 Å². The van der Waals surface area contributed by atoms with E-state index in [2.05, 4.69) is 10.1 Å². The van der Waals surface area contributed by atoms with Gasteiger partial charge in [0.2, 0.25) is 0 Å². The lowest BCUT2D eigenvalue weighted by Gasteiger charge is -2.13. The number of nitrogens with zero attached hydrogens (tertiary/aromatic N) is 3. The molecule has 0 spiro atoms. The normalized spacial score (nSPS) is 13.1. The van der Waals surface area contributed by atoms with Gasteiger partial charge in [-0.2, -0.15) is 5.10 Å². The second-order valence-corrected chi connectivity index (χ2v) is 5.93. The molecule has 128 valence electrons. The molecular formula is C18H14F3N3O. The minimum atomic E-state index is -0.821. The average Bonchev–Trinajstić information content (AvgIpc) is 3.19. The second kappa shape index (κ2) is 5.91. The molecule has 4 rings (SSSR count). The molecule has 0 saturated carbocycles. The Morgan fingerprint density at radius 3 is 2.40 bits per heavy atom. The molecule has 0 atom stereocenters. The number of aromatic nitrogens is 3. The predicted octanol–water partition coefficient (Wildman–Crippen LogP) is 4.27. The van der Waals surface area contributed by atoms with Gasteiger partial charge in [-0.3, -0.25) is 0 Å². The molecule has 2 aromatic carbocycles. The lowest BCUT2D eigenvalue weighted by Crippen LogP contribution is -2.03. The minimum absolute atomic E-state index is 0.0105. The molecule has 0 unspecified atom stereocenters. The van der Waals surface area contributed by atoms with Gasteiger partial charge in [-0.15, -0.1) is 0 Å². The Labute approximate surface area is 141 Å². The monoisotopic (exact) mass is 345 g/mol. The lowest BCUT2D eigenvalue weighted by atomic mass is 10.1. The Kier molecular flexibility index (Phi) is 3.71. The van der Waals surface area contributed by atoms with Crippen LogP contribution >= 0.6 is 0 Å². The fraction of sp³-hybridized carbons (Fsp3) is 0.222. The second-order valence-electron chi connectivity index (χ2n) is 5.93. The molecule has 0 fully saturated rings. The zero-order valence-electron chi connectivity index (χ0n) is 13.4. The van der Waals surface area contributed by atoms with Crippen LogP contribution in [0.25, 0.3) is 5.69 Å². The summed E-state index contributed by atoms with van der Waals surface area (Å²) in [6.07, 6.45) is 3.40. The maximum atomic E-state index is 14.4. The first-order chi connectivity index (χ1) is 12.0. The van der Waals surface area contributed by atoms with Crippen molar-refractivity contribution in [1.82, 2.24) is 14.8 Å². The maximum Gasteiger partial charge on any atom is 0.155 e. The number of halogens is 3. The van der Waals surface area contributed by atoms with Gasteiger partial charge in [0.15, 0.2) is 11.6 Å². The van der Waals surface area contributed by atoms with Crippen molar-refractivity contribution in [3.8, 4) is 17.2 Å². The van der Waals surface area contributed by atoms with E-state index in [0.29, 0.717) is 30.0 Å². The van der Waals surface area contributed by atoms with Gasteiger partial charge in [0.05, 0.1) is 0 Å². The van der Waals surface area contributed by atoms with Gasteiger partial charge in [-0.1, -0.05) is 0 Å². The van der Waals surface area contributed by atoms with Crippen molar-refractivity contribution < 1.29 is 17.9 Å². The number of ether oxygens (including phenoxy) is 1. The third kappa shape index (κ3) is 2.75. The van der Waals surface area contributed by atoms with Crippen molar-refractivity contribution in [2.45, 2.75) is 26.2 Å². The highest BCUT2D eigenvalue weighted by molar-refractivity contribution is 5.47. The summed E-state index contributed by atoms with van der Waals surface area (Å²) in [7, 11) is 0. The molecule has 1 aliphatic carbocycles. The molecule has 3 aromatic rings. The molecule has 0 saturated heterocycles. The molecule has 1 aliphatic rings. The summed E-state index contributed by atoms with van der Waals surface area (Å²) in [5.74, 6) is -1.07. The summed E-state index contributed by atoms with van der Waals surface area (Å²) in [6, 6.07) is 4.98. The first-order valence-corrected chi connectivity index (χ1v) is 7.88. The van der Waals surface area contributed by atoms with Crippen LogP contribution in [0.15, 0.2) is 30.6 Å². The zero-order chi connectivity index (χ0) is 17.6. The van der Waals surface area contributed by atoms with Crippen LogP contribution in [0, 0.1) is 24.4 Å². The van der Waals surface area contributed by atoms with E-state index in [1.165, 1.54) is 18.5 Å². The molecule has 0 amide bonds. The SMILES string of the molecule is Cc1ncn(-c2c(F)cc(Oc3ccc(F)c4c3CCC4)cc2F)n1. The van der Waals surface area contributed by atoms with Gasteiger partial charge in [-0.05, 0) is 43.9 Å². The Morgan fingerprint density at radius 1 is 1.00 bits per heavy atom. The first kappa shape index (κ1) is 15.7. The maximum absolute atomic E-state index is 14.4. The van der Waals surface area contributed by atoms with Gasteiger partial charge < -0.3 is 4.74 Å². The summed E-state index contributed by atoms with van der Waals surface area (Å²) in [6.45, 7) is 1.62. The molecule has 7 heteroatoms. The van der Waals surface area contributed by atoms with Crippen LogP contribution in [0.2, 0.25) is 0 Å². The summed E-state index contributed by atoms with van der Waals surface area (Å²) >= 11 is 0. The van der Waals surface area contributed by atoms with E-state index < -0.39 is 11.6 Å². The quantitative estimate of drug-likeness (QED) is 0.712. The van der Waals surface area contributed by atoms with Crippen LogP contribution in [0.4, 0.5) is 13.2 Å². The third-order valence-corrected chi connectivity index (χ3v) is 4.24. The van der Waals surface area contributed by atoms with Crippen molar-refractivity contribution >= 4 is 0 Å². The van der Waals surface area contributed by atoms with E-state index in [-0.39, 0.29) is 17.3 Å². The molecule has 0 N–H and O–H groups in total. The third-order valence-electron chi connectivity index (χ3n) is 4.24. The molecule has 4 nitrogen and oxygen atoms in total. The molecule has 0 bridgehead atoms. The molecule has 1 aromatic heterocycles. The van der Waals surface area contributed by atoms with Crippen molar-refractivity contribution in [2.75, 3.05) is 0 Å². The summed E-state index contributed by atoms with van der Waals surface area (Å²) < 4.78 is 49.2. The summed E-state index contributed by atoms with van der Waals surface area (Å²) in [5.41, 5.74) is 1.06. The lowest BCUT2D eigenvalue weighted by molar-refractivity contribution is 0.459. The van der Waals surface area contributed by atoms with E-state index in [1.54, 1.807) is 6.92 Å². The number of fused-ring (bicyclic) bond motifs is 1. The highest BCUT2D eigenvalue weighted by Crippen LogP contribution is 2.36. The zero-order valence-corrected chi connectivity index (χ0v) is 13.4. The van der Waals surface area contributed by atoms with Crippen molar-refractivity contribution in [3.05, 3.63) is 65.0 Å². The van der Waals surface area contributed by atoms with Crippen molar-refractivity contribution in [2.24, 2.45) is 0 Å². The van der Waals surface area contributed by atoms with E-state index in [0.717, 1.165) is 28.8 Å². The van der Waals surface area contributed by atoms with Crippen LogP contribution in [-0.2, 0) is 12.8 Å². The minimum Gasteiger partial charge on any atom is -0.457 e. The van der Waals surface area contributed by atoms with E-state index in [1.807, 2.05) is 0 Å². The van der Waals surface area contributed by atoms with Crippen molar-refractivity contribution in [1.29, 1.82) is 0 Å². The number of rotatable bonds is 3. The molecule has 1 heterocycles. The van der Waals surface area contributed by atoms with E-state index >= 15 is 0 Å². The van der Waals surface area contributed by atoms with Gasteiger partial charge in [0, 0.05) is 17.7 Å². The molecular weight excluding hydrogens is 331 g/mol. The van der Waals surface area contributed by atoms with Gasteiger partial charge in [0.25, 0.3) is 0 Å². The van der Waals surface area contributed by atoms with E-state index in [9.17, 15) is 13.2 Å². The molecule has 25 heavy (non-hydrogen) atoms. The topological polar surface area (TPSA) is 39.9 Å². The fourth-order valence-electron chi connectivity index (χ4n) is 3.13. The fourth-order valence-corrected chi connectivity index (χ4v) is 3.13. The number of hydrogen-bond donors (Lipinski definition) is 0. The van der Waals surface area contributed by atoms with Gasteiger partial charge in [-0.25, -0.2) is 22.8 Å².